The summed E-state index contributed by atoms with van der Waals surface area (Å²) in [6.45, 7) is 4.53. The third kappa shape index (κ3) is 69.9. The average Bonchev–Trinajstić information content (AvgIpc) is 0.983. The molecule has 5 unspecified atom stereocenters. The van der Waals surface area contributed by atoms with Gasteiger partial charge in [0.1, 0.15) is 19.3 Å². The molecular formula is C79H134O17P2. The maximum atomic E-state index is 13.1. The number of phosphoric acid groups is 2. The predicted molar refractivity (Wildman–Crippen MR) is 399 cm³/mol. The number of allylic oxidation sites excluding steroid dienone is 20. The second kappa shape index (κ2) is 70.9. The summed E-state index contributed by atoms with van der Waals surface area (Å²) in [5.41, 5.74) is 0. The molecule has 19 heteroatoms. The first-order chi connectivity index (χ1) is 47.7. The maximum absolute atomic E-state index is 13.1. The highest BCUT2D eigenvalue weighted by Crippen LogP contribution is 2.45. The van der Waals surface area contributed by atoms with Gasteiger partial charge in [0.05, 0.1) is 26.4 Å². The van der Waals surface area contributed by atoms with Crippen LogP contribution >= 0.6 is 15.6 Å². The van der Waals surface area contributed by atoms with Crippen molar-refractivity contribution in [3.63, 3.8) is 0 Å². The topological polar surface area (TPSA) is 237 Å². The van der Waals surface area contributed by atoms with Gasteiger partial charge in [0, 0.05) is 25.7 Å². The molecule has 0 fully saturated rings. The van der Waals surface area contributed by atoms with Gasteiger partial charge in [-0.05, 0) is 148 Å². The molecule has 3 N–H and O–H groups in total. The molecule has 5 atom stereocenters. The van der Waals surface area contributed by atoms with Crippen molar-refractivity contribution in [2.75, 3.05) is 39.6 Å². The lowest BCUT2D eigenvalue weighted by atomic mass is 10.1. The Bertz CT molecular complexity index is 2340. The average molecular weight is 1420 g/mol. The van der Waals surface area contributed by atoms with Crippen LogP contribution in [0.3, 0.4) is 0 Å². The van der Waals surface area contributed by atoms with Crippen LogP contribution in [0, 0.1) is 0 Å². The van der Waals surface area contributed by atoms with Gasteiger partial charge in [-0.2, -0.15) is 0 Å². The molecule has 0 aromatic carbocycles. The van der Waals surface area contributed by atoms with Crippen molar-refractivity contribution in [2.45, 2.75) is 316 Å². The Balaban J connectivity index is 5.35. The van der Waals surface area contributed by atoms with Crippen LogP contribution in [0.4, 0.5) is 0 Å². The van der Waals surface area contributed by atoms with E-state index in [9.17, 15) is 43.2 Å². The Morgan fingerprint density at radius 2 is 0.561 bits per heavy atom. The quantitative estimate of drug-likeness (QED) is 0.0169. The van der Waals surface area contributed by atoms with Gasteiger partial charge in [0.25, 0.3) is 0 Å². The fourth-order valence-electron chi connectivity index (χ4n) is 9.59. The molecule has 0 rings (SSSR count). The monoisotopic (exact) mass is 1420 g/mol. The van der Waals surface area contributed by atoms with Crippen LogP contribution in [0.15, 0.2) is 122 Å². The van der Waals surface area contributed by atoms with E-state index in [1.54, 1.807) is 0 Å². The fourth-order valence-corrected chi connectivity index (χ4v) is 11.2. The van der Waals surface area contributed by atoms with E-state index in [0.29, 0.717) is 25.7 Å². The first-order valence-corrected chi connectivity index (χ1v) is 40.8. The number of unbranched alkanes of at least 4 members (excludes halogenated alkanes) is 24. The molecule has 0 aliphatic heterocycles. The first-order valence-electron chi connectivity index (χ1n) is 37.8. The van der Waals surface area contributed by atoms with Gasteiger partial charge in [0.2, 0.25) is 0 Å². The number of carbonyl (C=O) groups is 4. The summed E-state index contributed by atoms with van der Waals surface area (Å²) in [6.07, 6.45) is 76.3. The van der Waals surface area contributed by atoms with Crippen LogP contribution in [0.25, 0.3) is 0 Å². The third-order valence-electron chi connectivity index (χ3n) is 15.4. The Hall–Kier alpha value is -4.54. The van der Waals surface area contributed by atoms with Crippen molar-refractivity contribution < 1.29 is 80.2 Å². The summed E-state index contributed by atoms with van der Waals surface area (Å²) in [5, 5.41) is 10.6. The number of aliphatic hydroxyl groups is 1. The summed E-state index contributed by atoms with van der Waals surface area (Å²) < 4.78 is 68.3. The number of aliphatic hydroxyl groups excluding tert-OH is 1. The zero-order valence-corrected chi connectivity index (χ0v) is 63.0. The zero-order chi connectivity index (χ0) is 71.8. The molecule has 0 aliphatic rings. The Morgan fingerprint density at radius 3 is 0.918 bits per heavy atom. The van der Waals surface area contributed by atoms with Crippen molar-refractivity contribution in [1.29, 1.82) is 0 Å². The molecule has 0 aliphatic carbocycles. The van der Waals surface area contributed by atoms with Gasteiger partial charge < -0.3 is 33.8 Å². The molecule has 0 heterocycles. The highest BCUT2D eigenvalue weighted by molar-refractivity contribution is 7.47. The summed E-state index contributed by atoms with van der Waals surface area (Å²) >= 11 is 0. The third-order valence-corrected chi connectivity index (χ3v) is 17.3. The van der Waals surface area contributed by atoms with E-state index in [-0.39, 0.29) is 25.7 Å². The number of phosphoric ester groups is 2. The van der Waals surface area contributed by atoms with Crippen molar-refractivity contribution in [1.82, 2.24) is 0 Å². The summed E-state index contributed by atoms with van der Waals surface area (Å²) in [5.74, 6) is -2.26. The molecule has 0 aromatic rings. The van der Waals surface area contributed by atoms with Crippen LogP contribution in [0.5, 0.6) is 0 Å². The summed E-state index contributed by atoms with van der Waals surface area (Å²) in [6, 6.07) is 0. The number of rotatable bonds is 70. The van der Waals surface area contributed by atoms with E-state index in [1.165, 1.54) is 32.1 Å². The minimum atomic E-state index is -4.99. The molecular weight excluding hydrogens is 1280 g/mol. The Morgan fingerprint density at radius 1 is 0.296 bits per heavy atom. The molecule has 0 radical (unpaired) electrons. The van der Waals surface area contributed by atoms with E-state index < -0.39 is 97.5 Å². The number of hydrogen-bond acceptors (Lipinski definition) is 15. The smallest absolute Gasteiger partial charge is 0.462 e. The zero-order valence-electron chi connectivity index (χ0n) is 61.2. The molecule has 0 saturated carbocycles. The molecule has 98 heavy (non-hydrogen) atoms. The highest BCUT2D eigenvalue weighted by atomic mass is 31.2. The maximum Gasteiger partial charge on any atom is 0.472 e. The summed E-state index contributed by atoms with van der Waals surface area (Å²) in [4.78, 5) is 72.7. The van der Waals surface area contributed by atoms with Crippen LogP contribution in [0.1, 0.15) is 297 Å². The van der Waals surface area contributed by atoms with Gasteiger partial charge in [-0.3, -0.25) is 37.3 Å². The van der Waals surface area contributed by atoms with Crippen LogP contribution in [0.2, 0.25) is 0 Å². The minimum absolute atomic E-state index is 0.0670. The molecule has 0 saturated heterocycles. The van der Waals surface area contributed by atoms with E-state index in [1.807, 2.05) is 0 Å². The van der Waals surface area contributed by atoms with E-state index in [4.69, 9.17) is 37.0 Å². The first kappa shape index (κ1) is 93.5. The number of ether oxygens (including phenoxy) is 4. The van der Waals surface area contributed by atoms with Gasteiger partial charge in [-0.1, -0.05) is 246 Å². The number of hydrogen-bond donors (Lipinski definition) is 3. The largest absolute Gasteiger partial charge is 0.472 e. The van der Waals surface area contributed by atoms with Crippen LogP contribution in [-0.4, -0.2) is 96.7 Å². The number of carbonyl (C=O) groups excluding carboxylic acids is 4. The second-order valence-corrected chi connectivity index (χ2v) is 27.8. The standard InChI is InChI=1S/C79H134O17P2/c1-5-9-13-17-21-25-29-32-34-35-36-37-39-42-45-48-52-56-60-64-77(82)89-69-74(95-78(83)65-61-57-53-49-43-28-24-20-16-12-8-4)71-93-97(85,86)91-67-73(80)68-92-98(87,88)94-72-75(96-79(84)66-62-58-54-50-46-40-31-27-23-19-15-11-7-3)70-90-76(81)63-59-55-51-47-44-41-38-33-30-26-22-18-14-10-6-2/h10,14-15,19-22,24-27,31-34,36-38,44,47,73-75,80H,5-9,11-13,16-18,23,28-30,35,39-43,45-46,48-72H2,1-4H3,(H,85,86)(H,87,88)/b14-10-,19-15-,24-20-,25-21-,26-22-,31-27-,34-32-,37-36-,38-33-,47-44-. The Kier molecular flexibility index (Phi) is 67.6. The van der Waals surface area contributed by atoms with Gasteiger partial charge in [-0.25, -0.2) is 9.13 Å². The molecule has 562 valence electrons. The lowest BCUT2D eigenvalue weighted by Gasteiger charge is -2.21. The van der Waals surface area contributed by atoms with Crippen LogP contribution in [-0.2, 0) is 65.4 Å². The molecule has 0 bridgehead atoms. The normalized spacial score (nSPS) is 14.6. The molecule has 17 nitrogen and oxygen atoms in total. The molecule has 0 aromatic heterocycles. The van der Waals surface area contributed by atoms with Crippen LogP contribution < -0.4 is 0 Å². The van der Waals surface area contributed by atoms with Crippen molar-refractivity contribution in [3.8, 4) is 0 Å². The lowest BCUT2D eigenvalue weighted by Crippen LogP contribution is -2.30. The highest BCUT2D eigenvalue weighted by Gasteiger charge is 2.30. The van der Waals surface area contributed by atoms with E-state index >= 15 is 0 Å². The predicted octanol–water partition coefficient (Wildman–Crippen LogP) is 21.6. The van der Waals surface area contributed by atoms with E-state index in [2.05, 4.69) is 149 Å². The second-order valence-electron chi connectivity index (χ2n) is 24.8. The van der Waals surface area contributed by atoms with Gasteiger partial charge in [-0.15, -0.1) is 0 Å². The fraction of sp³-hybridized carbons (Fsp3) is 0.696. The minimum Gasteiger partial charge on any atom is -0.462 e. The van der Waals surface area contributed by atoms with Crippen molar-refractivity contribution in [2.24, 2.45) is 0 Å². The Labute approximate surface area is 593 Å². The number of esters is 4. The molecule has 0 amide bonds. The summed E-state index contributed by atoms with van der Waals surface area (Å²) in [7, 11) is -9.97. The van der Waals surface area contributed by atoms with Crippen molar-refractivity contribution in [3.05, 3.63) is 122 Å². The SMILES string of the molecule is CC/C=C\C/C=C\C/C=C\C/C=C\CCCCC(=O)OCC(COP(=O)(O)OCC(O)COP(=O)(O)OCC(COC(=O)CCCCCCCC/C=C\C/C=C\C/C=C\CCCCC)OC(=O)CCCCCCC/C=C\CCCC)OC(=O)CCCCCCC/C=C\C/C=C\CCC. The van der Waals surface area contributed by atoms with E-state index in [0.717, 1.165) is 186 Å². The van der Waals surface area contributed by atoms with Crippen molar-refractivity contribution >= 4 is 39.5 Å². The van der Waals surface area contributed by atoms with Gasteiger partial charge >= 0.3 is 39.5 Å². The lowest BCUT2D eigenvalue weighted by molar-refractivity contribution is -0.161. The molecule has 0 spiro atoms. The van der Waals surface area contributed by atoms with Gasteiger partial charge in [0.15, 0.2) is 12.2 Å².